The third-order valence-electron chi connectivity index (χ3n) is 4.50. The van der Waals surface area contributed by atoms with Gasteiger partial charge in [0, 0.05) is 27.6 Å². The summed E-state index contributed by atoms with van der Waals surface area (Å²) in [6.45, 7) is 8.35. The summed E-state index contributed by atoms with van der Waals surface area (Å²) in [6.07, 6.45) is -3.42. The first-order chi connectivity index (χ1) is 13.2. The minimum atomic E-state index is -4.33. The number of thioether (sulfide) groups is 1. The lowest BCUT2D eigenvalue weighted by molar-refractivity contribution is -0.137. The van der Waals surface area contributed by atoms with Crippen LogP contribution in [0.5, 0.6) is 0 Å². The smallest absolute Gasteiger partial charge is 0.299 e. The van der Waals surface area contributed by atoms with Crippen molar-refractivity contribution in [2.24, 2.45) is 0 Å². The summed E-state index contributed by atoms with van der Waals surface area (Å²) in [5, 5.41) is 11.6. The number of hydrogen-bond acceptors (Lipinski definition) is 4. The standard InChI is InChI=1S/C20H22F3N3S2/c1-5-16-13(4)27-11-17(16)18-24-25-19(26(18)12(2)3)28-10-14-7-6-8-15(9-14)20(21,22)23/h6-9,11-12H,5,10H2,1-4H3. The largest absolute Gasteiger partial charge is 0.416 e. The second-order valence-corrected chi connectivity index (χ2v) is 8.82. The van der Waals surface area contributed by atoms with Crippen molar-refractivity contribution in [1.29, 1.82) is 0 Å². The van der Waals surface area contributed by atoms with E-state index in [1.165, 1.54) is 34.3 Å². The zero-order chi connectivity index (χ0) is 20.5. The van der Waals surface area contributed by atoms with Gasteiger partial charge in [0.15, 0.2) is 11.0 Å². The third kappa shape index (κ3) is 4.27. The molecule has 0 radical (unpaired) electrons. The molecule has 0 unspecified atom stereocenters. The highest BCUT2D eigenvalue weighted by Gasteiger charge is 2.30. The van der Waals surface area contributed by atoms with Gasteiger partial charge in [0.1, 0.15) is 0 Å². The van der Waals surface area contributed by atoms with Gasteiger partial charge in [-0.3, -0.25) is 4.57 Å². The Kier molecular flexibility index (Phi) is 6.19. The van der Waals surface area contributed by atoms with Gasteiger partial charge in [-0.1, -0.05) is 36.9 Å². The van der Waals surface area contributed by atoms with E-state index < -0.39 is 11.7 Å². The lowest BCUT2D eigenvalue weighted by Crippen LogP contribution is -2.06. The van der Waals surface area contributed by atoms with Crippen molar-refractivity contribution >= 4 is 23.1 Å². The molecular formula is C20H22F3N3S2. The predicted octanol–water partition coefficient (Wildman–Crippen LogP) is 6.77. The van der Waals surface area contributed by atoms with Crippen molar-refractivity contribution in [3.8, 4) is 11.4 Å². The van der Waals surface area contributed by atoms with Crippen molar-refractivity contribution in [2.45, 2.75) is 57.2 Å². The summed E-state index contributed by atoms with van der Waals surface area (Å²) < 4.78 is 40.9. The lowest BCUT2D eigenvalue weighted by Gasteiger charge is -2.14. The van der Waals surface area contributed by atoms with Gasteiger partial charge < -0.3 is 0 Å². The summed E-state index contributed by atoms with van der Waals surface area (Å²) in [5.41, 5.74) is 2.35. The molecule has 3 nitrogen and oxygen atoms in total. The summed E-state index contributed by atoms with van der Waals surface area (Å²) >= 11 is 3.11. The minimum Gasteiger partial charge on any atom is -0.299 e. The van der Waals surface area contributed by atoms with Crippen molar-refractivity contribution in [3.05, 3.63) is 51.2 Å². The molecule has 150 valence electrons. The van der Waals surface area contributed by atoms with Crippen LogP contribution in [0.2, 0.25) is 0 Å². The molecule has 3 aromatic rings. The lowest BCUT2D eigenvalue weighted by atomic mass is 10.1. The number of thiophene rings is 1. The van der Waals surface area contributed by atoms with Crippen molar-refractivity contribution in [2.75, 3.05) is 0 Å². The van der Waals surface area contributed by atoms with Crippen LogP contribution in [-0.2, 0) is 18.3 Å². The summed E-state index contributed by atoms with van der Waals surface area (Å²) in [4.78, 5) is 1.27. The number of nitrogens with zero attached hydrogens (tertiary/aromatic N) is 3. The summed E-state index contributed by atoms with van der Waals surface area (Å²) in [5.74, 6) is 1.22. The average molecular weight is 426 g/mol. The minimum absolute atomic E-state index is 0.138. The van der Waals surface area contributed by atoms with Gasteiger partial charge in [0.2, 0.25) is 0 Å². The monoisotopic (exact) mass is 425 g/mol. The Balaban J connectivity index is 1.89. The molecule has 3 rings (SSSR count). The molecule has 0 N–H and O–H groups in total. The number of alkyl halides is 3. The average Bonchev–Trinajstić information content (AvgIpc) is 3.22. The van der Waals surface area contributed by atoms with Crippen molar-refractivity contribution in [3.63, 3.8) is 0 Å². The Morgan fingerprint density at radius 1 is 1.21 bits per heavy atom. The second kappa shape index (κ2) is 8.29. The van der Waals surface area contributed by atoms with E-state index in [2.05, 4.69) is 47.8 Å². The first-order valence-electron chi connectivity index (χ1n) is 9.03. The molecule has 0 atom stereocenters. The van der Waals surface area contributed by atoms with Gasteiger partial charge in [0.25, 0.3) is 0 Å². The first kappa shape index (κ1) is 20.9. The fraction of sp³-hybridized carbons (Fsp3) is 0.400. The van der Waals surface area contributed by atoms with Gasteiger partial charge >= 0.3 is 6.18 Å². The van der Waals surface area contributed by atoms with Gasteiger partial charge in [-0.05, 0) is 44.4 Å². The molecular weight excluding hydrogens is 403 g/mol. The number of halogens is 3. The van der Waals surface area contributed by atoms with E-state index in [9.17, 15) is 13.2 Å². The topological polar surface area (TPSA) is 30.7 Å². The highest BCUT2D eigenvalue weighted by atomic mass is 32.2. The molecule has 0 spiro atoms. The van der Waals surface area contributed by atoms with Crippen LogP contribution < -0.4 is 0 Å². The van der Waals surface area contributed by atoms with Crippen LogP contribution in [0, 0.1) is 6.92 Å². The SMILES string of the molecule is CCc1c(-c2nnc(SCc3cccc(C(F)(F)F)c3)n2C(C)C)csc1C. The predicted molar refractivity (Wildman–Crippen MR) is 109 cm³/mol. The Hall–Kier alpha value is -1.80. The number of aryl methyl sites for hydroxylation is 1. The number of rotatable bonds is 6. The van der Waals surface area contributed by atoms with Crippen LogP contribution in [0.4, 0.5) is 13.2 Å². The van der Waals surface area contributed by atoms with Gasteiger partial charge in [-0.15, -0.1) is 21.5 Å². The van der Waals surface area contributed by atoms with E-state index in [0.717, 1.165) is 23.9 Å². The van der Waals surface area contributed by atoms with Gasteiger partial charge in [-0.2, -0.15) is 13.2 Å². The van der Waals surface area contributed by atoms with E-state index in [4.69, 9.17) is 0 Å². The molecule has 8 heteroatoms. The third-order valence-corrected chi connectivity index (χ3v) is 6.47. The fourth-order valence-electron chi connectivity index (χ4n) is 3.12. The molecule has 0 saturated heterocycles. The molecule has 0 amide bonds. The maximum absolute atomic E-state index is 12.9. The normalized spacial score (nSPS) is 12.1. The highest BCUT2D eigenvalue weighted by molar-refractivity contribution is 7.98. The van der Waals surface area contributed by atoms with Crippen LogP contribution >= 0.6 is 23.1 Å². The molecule has 0 fully saturated rings. The summed E-state index contributed by atoms with van der Waals surface area (Å²) in [7, 11) is 0. The quantitative estimate of drug-likeness (QED) is 0.408. The highest BCUT2D eigenvalue weighted by Crippen LogP contribution is 2.35. The van der Waals surface area contributed by atoms with E-state index in [0.29, 0.717) is 16.5 Å². The number of aromatic nitrogens is 3. The van der Waals surface area contributed by atoms with E-state index >= 15 is 0 Å². The molecule has 1 aromatic carbocycles. The fourth-order valence-corrected chi connectivity index (χ4v) is 5.07. The Labute approximate surface area is 171 Å². The van der Waals surface area contributed by atoms with Crippen LogP contribution in [0.1, 0.15) is 48.4 Å². The van der Waals surface area contributed by atoms with Gasteiger partial charge in [-0.25, -0.2) is 0 Å². The molecule has 0 saturated carbocycles. The molecule has 2 heterocycles. The Morgan fingerprint density at radius 3 is 2.61 bits per heavy atom. The molecule has 2 aromatic heterocycles. The summed E-state index contributed by atoms with van der Waals surface area (Å²) in [6, 6.07) is 5.57. The molecule has 0 aliphatic carbocycles. The Morgan fingerprint density at radius 2 is 1.96 bits per heavy atom. The van der Waals surface area contributed by atoms with Crippen LogP contribution in [0.3, 0.4) is 0 Å². The van der Waals surface area contributed by atoms with Crippen LogP contribution in [0.25, 0.3) is 11.4 Å². The number of hydrogen-bond donors (Lipinski definition) is 0. The van der Waals surface area contributed by atoms with Gasteiger partial charge in [0.05, 0.1) is 5.56 Å². The molecule has 28 heavy (non-hydrogen) atoms. The second-order valence-electron chi connectivity index (χ2n) is 6.79. The van der Waals surface area contributed by atoms with E-state index in [1.54, 1.807) is 17.4 Å². The maximum Gasteiger partial charge on any atom is 0.416 e. The van der Waals surface area contributed by atoms with Crippen LogP contribution in [-0.4, -0.2) is 14.8 Å². The number of benzene rings is 1. The molecule has 0 aliphatic rings. The zero-order valence-electron chi connectivity index (χ0n) is 16.2. The van der Waals surface area contributed by atoms with E-state index in [1.807, 2.05) is 0 Å². The van der Waals surface area contributed by atoms with Crippen molar-refractivity contribution < 1.29 is 13.2 Å². The zero-order valence-corrected chi connectivity index (χ0v) is 17.8. The maximum atomic E-state index is 12.9. The first-order valence-corrected chi connectivity index (χ1v) is 10.9. The Bertz CT molecular complexity index is 958. The van der Waals surface area contributed by atoms with Crippen molar-refractivity contribution in [1.82, 2.24) is 14.8 Å². The molecule has 0 bridgehead atoms. The van der Waals surface area contributed by atoms with Crippen LogP contribution in [0.15, 0.2) is 34.8 Å². The molecule has 0 aliphatic heterocycles. The van der Waals surface area contributed by atoms with E-state index in [-0.39, 0.29) is 6.04 Å².